The highest BCUT2D eigenvalue weighted by atomic mass is 35.5. The second-order valence-electron chi connectivity index (χ2n) is 10.8. The first-order chi connectivity index (χ1) is 18.3. The number of H-pyrrole nitrogens is 1. The standard InChI is InChI=1S/C28H33Cl2N5O4/c1-17(24-32-21-10-9-20(29)16-22(21)33-24)34(26(38)39-27(2,3)4)14-12-28(30)11-6-13-35(28)25(37)19-8-5-7-18(15-19)23(31)36/h5,7-10,15-17H,6,11-14H2,1-4H3,(H2,31,36)(H,32,33)/t17-,28+/m0/s1. The van der Waals surface area contributed by atoms with Crippen LogP contribution in [0.1, 0.15) is 79.5 Å². The lowest BCUT2D eigenvalue weighted by atomic mass is 10.1. The fourth-order valence-electron chi connectivity index (χ4n) is 4.75. The van der Waals surface area contributed by atoms with Crippen molar-refractivity contribution in [1.82, 2.24) is 19.8 Å². The normalized spacial score (nSPS) is 18.3. The van der Waals surface area contributed by atoms with Crippen LogP contribution in [0.5, 0.6) is 0 Å². The van der Waals surface area contributed by atoms with Gasteiger partial charge in [-0.05, 0) is 76.9 Å². The number of aromatic nitrogens is 2. The lowest BCUT2D eigenvalue weighted by molar-refractivity contribution is 0.0144. The van der Waals surface area contributed by atoms with Crippen molar-refractivity contribution in [3.05, 3.63) is 64.4 Å². The van der Waals surface area contributed by atoms with Gasteiger partial charge in [0, 0.05) is 35.7 Å². The molecule has 0 bridgehead atoms. The monoisotopic (exact) mass is 573 g/mol. The van der Waals surface area contributed by atoms with E-state index < -0.39 is 28.6 Å². The summed E-state index contributed by atoms with van der Waals surface area (Å²) in [5.74, 6) is -0.334. The highest BCUT2D eigenvalue weighted by Crippen LogP contribution is 2.38. The van der Waals surface area contributed by atoms with Crippen LogP contribution in [0.4, 0.5) is 4.79 Å². The Hall–Kier alpha value is -3.30. The first-order valence-corrected chi connectivity index (χ1v) is 13.6. The van der Waals surface area contributed by atoms with Crippen LogP contribution < -0.4 is 5.73 Å². The predicted molar refractivity (Wildman–Crippen MR) is 151 cm³/mol. The Balaban J connectivity index is 1.58. The molecule has 0 spiro atoms. The van der Waals surface area contributed by atoms with Crippen LogP contribution in [0.15, 0.2) is 42.5 Å². The van der Waals surface area contributed by atoms with E-state index in [0.717, 1.165) is 11.0 Å². The van der Waals surface area contributed by atoms with E-state index in [2.05, 4.69) is 9.97 Å². The van der Waals surface area contributed by atoms with Crippen molar-refractivity contribution in [1.29, 1.82) is 0 Å². The molecule has 0 aliphatic carbocycles. The second kappa shape index (κ2) is 11.1. The number of primary amides is 1. The predicted octanol–water partition coefficient (Wildman–Crippen LogP) is 5.87. The molecule has 1 fully saturated rings. The molecule has 3 N–H and O–H groups in total. The summed E-state index contributed by atoms with van der Waals surface area (Å²) in [5, 5.41) is 0.575. The van der Waals surface area contributed by atoms with Gasteiger partial charge in [-0.2, -0.15) is 0 Å². The Morgan fingerprint density at radius 2 is 1.92 bits per heavy atom. The van der Waals surface area contributed by atoms with Crippen molar-refractivity contribution in [2.45, 2.75) is 63.6 Å². The molecule has 2 heterocycles. The number of amides is 3. The quantitative estimate of drug-likeness (QED) is 0.270. The SMILES string of the molecule is C[C@@H](c1nc2ccc(Cl)cc2[nH]1)N(CC[C@@]1(Cl)CCCN1C(=O)c1cccc(C(N)=O)c1)C(=O)OC(C)(C)C. The number of imidazole rings is 1. The summed E-state index contributed by atoms with van der Waals surface area (Å²) in [7, 11) is 0. The number of hydrogen-bond acceptors (Lipinski definition) is 5. The van der Waals surface area contributed by atoms with Crippen molar-refractivity contribution in [2.75, 3.05) is 13.1 Å². The fourth-order valence-corrected chi connectivity index (χ4v) is 5.30. The van der Waals surface area contributed by atoms with Gasteiger partial charge in [0.05, 0.1) is 17.1 Å². The number of carbonyl (C=O) groups is 3. The van der Waals surface area contributed by atoms with Crippen molar-refractivity contribution in [2.24, 2.45) is 5.73 Å². The molecule has 1 aromatic heterocycles. The molecule has 9 nitrogen and oxygen atoms in total. The summed E-state index contributed by atoms with van der Waals surface area (Å²) < 4.78 is 5.72. The molecule has 0 unspecified atom stereocenters. The van der Waals surface area contributed by atoms with Crippen LogP contribution in [-0.2, 0) is 4.74 Å². The van der Waals surface area contributed by atoms with Gasteiger partial charge in [-0.15, -0.1) is 0 Å². The molecule has 3 amide bonds. The van der Waals surface area contributed by atoms with E-state index >= 15 is 0 Å². The lowest BCUT2D eigenvalue weighted by Crippen LogP contribution is -2.47. The lowest BCUT2D eigenvalue weighted by Gasteiger charge is -2.37. The van der Waals surface area contributed by atoms with Crippen molar-refractivity contribution in [3.63, 3.8) is 0 Å². The van der Waals surface area contributed by atoms with Crippen LogP contribution >= 0.6 is 23.2 Å². The van der Waals surface area contributed by atoms with Gasteiger partial charge in [-0.1, -0.05) is 29.3 Å². The fraction of sp³-hybridized carbons (Fsp3) is 0.429. The molecule has 1 aliphatic heterocycles. The molecule has 2 aromatic carbocycles. The summed E-state index contributed by atoms with van der Waals surface area (Å²) >= 11 is 13.2. The zero-order valence-electron chi connectivity index (χ0n) is 22.5. The maximum absolute atomic E-state index is 13.4. The van der Waals surface area contributed by atoms with Gasteiger partial charge in [0.15, 0.2) is 0 Å². The highest BCUT2D eigenvalue weighted by Gasteiger charge is 2.43. The molecule has 0 saturated carbocycles. The van der Waals surface area contributed by atoms with E-state index in [-0.39, 0.29) is 18.0 Å². The Morgan fingerprint density at radius 1 is 1.21 bits per heavy atom. The maximum Gasteiger partial charge on any atom is 0.410 e. The number of carbonyl (C=O) groups excluding carboxylic acids is 3. The number of fused-ring (bicyclic) bond motifs is 1. The molecule has 4 rings (SSSR count). The van der Waals surface area contributed by atoms with Gasteiger partial charge in [0.2, 0.25) is 5.91 Å². The van der Waals surface area contributed by atoms with Gasteiger partial charge in [0.25, 0.3) is 5.91 Å². The molecule has 2 atom stereocenters. The van der Waals surface area contributed by atoms with Crippen LogP contribution in [0.25, 0.3) is 11.0 Å². The van der Waals surface area contributed by atoms with Crippen LogP contribution in [0.3, 0.4) is 0 Å². The summed E-state index contributed by atoms with van der Waals surface area (Å²) in [6, 6.07) is 11.1. The number of halogens is 2. The number of nitrogens with two attached hydrogens (primary N) is 1. The van der Waals surface area contributed by atoms with E-state index in [1.807, 2.05) is 13.0 Å². The zero-order valence-corrected chi connectivity index (χ0v) is 24.0. The summed E-state index contributed by atoms with van der Waals surface area (Å²) in [4.78, 5) is 48.5. The maximum atomic E-state index is 13.4. The second-order valence-corrected chi connectivity index (χ2v) is 11.9. The third kappa shape index (κ3) is 6.47. The number of rotatable bonds is 7. The van der Waals surface area contributed by atoms with Crippen molar-refractivity contribution in [3.8, 4) is 0 Å². The molecule has 11 heteroatoms. The first kappa shape index (κ1) is 28.7. The van der Waals surface area contributed by atoms with Crippen molar-refractivity contribution < 1.29 is 19.1 Å². The number of ether oxygens (including phenoxy) is 1. The molecule has 1 aliphatic rings. The minimum Gasteiger partial charge on any atom is -0.444 e. The number of likely N-dealkylation sites (tertiary alicyclic amines) is 1. The summed E-state index contributed by atoms with van der Waals surface area (Å²) in [5.41, 5.74) is 6.75. The molecule has 0 radical (unpaired) electrons. The molecule has 3 aromatic rings. The van der Waals surface area contributed by atoms with Gasteiger partial charge in [-0.25, -0.2) is 9.78 Å². The Bertz CT molecular complexity index is 1400. The third-order valence-electron chi connectivity index (χ3n) is 6.75. The average molecular weight is 575 g/mol. The number of nitrogens with one attached hydrogen (secondary N) is 1. The van der Waals surface area contributed by atoms with E-state index in [1.165, 1.54) is 6.07 Å². The Kier molecular flexibility index (Phi) is 8.14. The van der Waals surface area contributed by atoms with Crippen LogP contribution in [0, 0.1) is 0 Å². The van der Waals surface area contributed by atoms with E-state index in [9.17, 15) is 14.4 Å². The average Bonchev–Trinajstić information content (AvgIpc) is 3.45. The van der Waals surface area contributed by atoms with Gasteiger partial charge < -0.3 is 20.4 Å². The van der Waals surface area contributed by atoms with Gasteiger partial charge >= 0.3 is 6.09 Å². The zero-order chi connectivity index (χ0) is 28.5. The first-order valence-electron chi connectivity index (χ1n) is 12.8. The Morgan fingerprint density at radius 3 is 2.62 bits per heavy atom. The number of aromatic amines is 1. The van der Waals surface area contributed by atoms with E-state index in [0.29, 0.717) is 42.2 Å². The topological polar surface area (TPSA) is 122 Å². The molecule has 1 saturated heterocycles. The summed E-state index contributed by atoms with van der Waals surface area (Å²) in [6.07, 6.45) is 1.04. The largest absolute Gasteiger partial charge is 0.444 e. The molecular weight excluding hydrogens is 541 g/mol. The molecule has 39 heavy (non-hydrogen) atoms. The van der Waals surface area contributed by atoms with Crippen molar-refractivity contribution >= 4 is 52.1 Å². The van der Waals surface area contributed by atoms with Crippen LogP contribution in [-0.4, -0.2) is 61.4 Å². The molecule has 208 valence electrons. The minimum atomic E-state index is -1.03. The number of hydrogen-bond donors (Lipinski definition) is 2. The number of benzene rings is 2. The van der Waals surface area contributed by atoms with E-state index in [4.69, 9.17) is 33.7 Å². The summed E-state index contributed by atoms with van der Waals surface area (Å²) in [6.45, 7) is 7.93. The molecular formula is C28H33Cl2N5O4. The smallest absolute Gasteiger partial charge is 0.410 e. The Labute approximate surface area is 237 Å². The highest BCUT2D eigenvalue weighted by molar-refractivity contribution is 6.31. The van der Waals surface area contributed by atoms with E-state index in [1.54, 1.807) is 60.9 Å². The van der Waals surface area contributed by atoms with Crippen LogP contribution in [0.2, 0.25) is 5.02 Å². The minimum absolute atomic E-state index is 0.211. The third-order valence-corrected chi connectivity index (χ3v) is 7.57. The van der Waals surface area contributed by atoms with Gasteiger partial charge in [0.1, 0.15) is 16.4 Å². The van der Waals surface area contributed by atoms with Gasteiger partial charge in [-0.3, -0.25) is 14.5 Å². The number of nitrogens with zero attached hydrogens (tertiary/aromatic N) is 3. The number of alkyl halides is 1.